The third-order valence-corrected chi connectivity index (χ3v) is 2.57. The number of thioether (sulfide) groups is 1. The Bertz CT molecular complexity index is 140. The van der Waals surface area contributed by atoms with Crippen LogP contribution in [0.2, 0.25) is 0 Å². The van der Waals surface area contributed by atoms with E-state index in [2.05, 4.69) is 16.3 Å². The quantitative estimate of drug-likeness (QED) is 0.491. The molecule has 0 aromatic rings. The predicted octanol–water partition coefficient (Wildman–Crippen LogP) is 0.327. The van der Waals surface area contributed by atoms with Crippen molar-refractivity contribution in [2.24, 2.45) is 0 Å². The van der Waals surface area contributed by atoms with Gasteiger partial charge < -0.3 is 14.3 Å². The molecular formula is C3H7O3PS2. The predicted molar refractivity (Wildman–Crippen MR) is 40.9 cm³/mol. The lowest BCUT2D eigenvalue weighted by atomic mass is 10.5. The maximum atomic E-state index is 8.54. The summed E-state index contributed by atoms with van der Waals surface area (Å²) in [6.45, 7) is -2.98. The molecule has 3 nitrogen and oxygen atoms in total. The Labute approximate surface area is 62.7 Å². The first-order valence-corrected chi connectivity index (χ1v) is 6.07. The summed E-state index contributed by atoms with van der Waals surface area (Å²) in [4.78, 5) is 17.1. The molecule has 1 rings (SSSR count). The molecule has 1 heterocycles. The van der Waals surface area contributed by atoms with Gasteiger partial charge in [0, 0.05) is 11.0 Å². The van der Waals surface area contributed by atoms with Crippen LogP contribution in [0.5, 0.6) is 0 Å². The SMILES string of the molecule is OP(O)(=S)OCC1CS1. The van der Waals surface area contributed by atoms with E-state index in [1.807, 2.05) is 0 Å². The molecule has 2 N–H and O–H groups in total. The zero-order valence-corrected chi connectivity index (χ0v) is 7.09. The molecular weight excluding hydrogens is 179 g/mol. The van der Waals surface area contributed by atoms with Gasteiger partial charge in [0.2, 0.25) is 0 Å². The van der Waals surface area contributed by atoms with Gasteiger partial charge in [-0.1, -0.05) is 0 Å². The highest BCUT2D eigenvalue weighted by atomic mass is 32.5. The van der Waals surface area contributed by atoms with Crippen molar-refractivity contribution in [3.8, 4) is 0 Å². The van der Waals surface area contributed by atoms with Gasteiger partial charge in [0.15, 0.2) is 0 Å². The summed E-state index contributed by atoms with van der Waals surface area (Å²) in [5.41, 5.74) is 0. The van der Waals surface area contributed by atoms with Crippen molar-refractivity contribution < 1.29 is 14.3 Å². The van der Waals surface area contributed by atoms with Crippen LogP contribution in [0.4, 0.5) is 0 Å². The number of hydrogen-bond donors (Lipinski definition) is 2. The Kier molecular flexibility index (Phi) is 2.54. The summed E-state index contributed by atoms with van der Waals surface area (Å²) in [5.74, 6) is 1.05. The summed E-state index contributed by atoms with van der Waals surface area (Å²) >= 11 is 5.96. The van der Waals surface area contributed by atoms with Crippen LogP contribution in [-0.2, 0) is 16.3 Å². The van der Waals surface area contributed by atoms with Crippen molar-refractivity contribution >= 4 is 30.3 Å². The Morgan fingerprint density at radius 2 is 2.33 bits per heavy atom. The molecule has 1 aliphatic heterocycles. The van der Waals surface area contributed by atoms with Gasteiger partial charge >= 0.3 is 6.72 Å². The minimum Gasteiger partial charge on any atom is -0.325 e. The number of hydrogen-bond acceptors (Lipinski definition) is 3. The van der Waals surface area contributed by atoms with E-state index in [1.54, 1.807) is 11.8 Å². The second-order valence-electron chi connectivity index (χ2n) is 1.74. The molecule has 9 heavy (non-hydrogen) atoms. The average molecular weight is 186 g/mol. The van der Waals surface area contributed by atoms with Gasteiger partial charge in [-0.25, -0.2) is 0 Å². The maximum absolute atomic E-state index is 8.54. The fraction of sp³-hybridized carbons (Fsp3) is 1.00. The summed E-state index contributed by atoms with van der Waals surface area (Å²) in [5, 5.41) is 0.451. The molecule has 0 spiro atoms. The van der Waals surface area contributed by atoms with Crippen molar-refractivity contribution in [2.45, 2.75) is 5.25 Å². The van der Waals surface area contributed by atoms with Crippen molar-refractivity contribution in [1.29, 1.82) is 0 Å². The average Bonchev–Trinajstić information content (AvgIpc) is 2.38. The molecule has 0 saturated carbocycles. The van der Waals surface area contributed by atoms with E-state index < -0.39 is 6.72 Å². The van der Waals surface area contributed by atoms with Crippen molar-refractivity contribution in [1.82, 2.24) is 0 Å². The van der Waals surface area contributed by atoms with Crippen LogP contribution >= 0.6 is 18.5 Å². The smallest absolute Gasteiger partial charge is 0.321 e. The second-order valence-corrected chi connectivity index (χ2v) is 5.74. The van der Waals surface area contributed by atoms with Gasteiger partial charge in [-0.05, 0) is 11.8 Å². The first-order valence-electron chi connectivity index (χ1n) is 2.39. The summed E-state index contributed by atoms with van der Waals surface area (Å²) in [6, 6.07) is 0. The molecule has 6 heteroatoms. The fourth-order valence-corrected chi connectivity index (χ4v) is 1.40. The largest absolute Gasteiger partial charge is 0.325 e. The minimum atomic E-state index is -3.36. The van der Waals surface area contributed by atoms with Crippen molar-refractivity contribution in [3.63, 3.8) is 0 Å². The van der Waals surface area contributed by atoms with Crippen LogP contribution in [-0.4, -0.2) is 27.4 Å². The van der Waals surface area contributed by atoms with Crippen molar-refractivity contribution in [3.05, 3.63) is 0 Å². The molecule has 0 aromatic carbocycles. The maximum Gasteiger partial charge on any atom is 0.321 e. The topological polar surface area (TPSA) is 49.7 Å². The summed E-state index contributed by atoms with van der Waals surface area (Å²) in [7, 11) is 0. The normalized spacial score (nSPS) is 26.2. The third-order valence-electron chi connectivity index (χ3n) is 0.831. The highest BCUT2D eigenvalue weighted by Crippen LogP contribution is 2.40. The molecule has 0 radical (unpaired) electrons. The van der Waals surface area contributed by atoms with E-state index in [-0.39, 0.29) is 0 Å². The van der Waals surface area contributed by atoms with Crippen LogP contribution in [0.25, 0.3) is 0 Å². The van der Waals surface area contributed by atoms with Gasteiger partial charge in [0.1, 0.15) is 0 Å². The van der Waals surface area contributed by atoms with E-state index in [9.17, 15) is 0 Å². The number of rotatable bonds is 3. The Balaban J connectivity index is 2.10. The van der Waals surface area contributed by atoms with E-state index in [4.69, 9.17) is 9.79 Å². The van der Waals surface area contributed by atoms with Crippen LogP contribution in [0.1, 0.15) is 0 Å². The Morgan fingerprint density at radius 3 is 2.67 bits per heavy atom. The van der Waals surface area contributed by atoms with Gasteiger partial charge in [-0.3, -0.25) is 0 Å². The Morgan fingerprint density at radius 1 is 1.78 bits per heavy atom. The standard InChI is InChI=1S/C3H7O3PS2/c4-7(5,8)6-1-3-2-9-3/h3H,1-2H2,(H2,4,5,8). The van der Waals surface area contributed by atoms with Crippen molar-refractivity contribution in [2.75, 3.05) is 12.4 Å². The van der Waals surface area contributed by atoms with Gasteiger partial charge in [-0.15, -0.1) is 0 Å². The monoisotopic (exact) mass is 186 g/mol. The summed E-state index contributed by atoms with van der Waals surface area (Å²) in [6.07, 6.45) is 0. The van der Waals surface area contributed by atoms with Crippen LogP contribution in [0.15, 0.2) is 0 Å². The molecule has 1 atom stereocenters. The Hall–Kier alpha value is 0.880. The summed E-state index contributed by atoms with van der Waals surface area (Å²) < 4.78 is 4.57. The highest BCUT2D eigenvalue weighted by molar-refractivity contribution is 8.07. The first-order chi connectivity index (χ1) is 4.08. The minimum absolute atomic E-state index is 0.384. The molecule has 1 unspecified atom stereocenters. The molecule has 54 valence electrons. The zero-order chi connectivity index (χ0) is 6.91. The molecule has 1 aliphatic rings. The second kappa shape index (κ2) is 2.86. The molecule has 0 aromatic heterocycles. The third kappa shape index (κ3) is 4.31. The van der Waals surface area contributed by atoms with Gasteiger partial charge in [-0.2, -0.15) is 11.8 Å². The zero-order valence-electron chi connectivity index (χ0n) is 4.56. The van der Waals surface area contributed by atoms with Crippen LogP contribution < -0.4 is 0 Å². The molecule has 0 aliphatic carbocycles. The molecule has 1 fully saturated rings. The van der Waals surface area contributed by atoms with E-state index >= 15 is 0 Å². The highest BCUT2D eigenvalue weighted by Gasteiger charge is 2.24. The lowest BCUT2D eigenvalue weighted by Gasteiger charge is -2.05. The first kappa shape index (κ1) is 7.98. The fourth-order valence-electron chi connectivity index (χ4n) is 0.344. The van der Waals surface area contributed by atoms with Gasteiger partial charge in [0.05, 0.1) is 6.61 Å². The van der Waals surface area contributed by atoms with Crippen LogP contribution in [0.3, 0.4) is 0 Å². The lowest BCUT2D eigenvalue weighted by Crippen LogP contribution is -1.96. The van der Waals surface area contributed by atoms with Crippen LogP contribution in [0, 0.1) is 0 Å². The van der Waals surface area contributed by atoms with E-state index in [0.717, 1.165) is 5.75 Å². The lowest BCUT2D eigenvalue weighted by molar-refractivity contribution is 0.259. The molecule has 1 saturated heterocycles. The van der Waals surface area contributed by atoms with E-state index in [1.165, 1.54) is 0 Å². The molecule has 0 bridgehead atoms. The molecule has 0 amide bonds. The van der Waals surface area contributed by atoms with Gasteiger partial charge in [0.25, 0.3) is 0 Å². The van der Waals surface area contributed by atoms with E-state index in [0.29, 0.717) is 11.9 Å².